The highest BCUT2D eigenvalue weighted by Crippen LogP contribution is 2.25. The van der Waals surface area contributed by atoms with Gasteiger partial charge in [0.25, 0.3) is 0 Å². The second kappa shape index (κ2) is 16.0. The minimum absolute atomic E-state index is 0.147. The Morgan fingerprint density at radius 3 is 2.33 bits per heavy atom. The van der Waals surface area contributed by atoms with Crippen LogP contribution < -0.4 is 14.8 Å². The fraction of sp³-hybridized carbons (Fsp3) is 0.355. The van der Waals surface area contributed by atoms with Crippen molar-refractivity contribution in [2.45, 2.75) is 51.6 Å². The molecule has 0 aliphatic rings. The Hall–Kier alpha value is -3.22. The number of nitrogens with zero attached hydrogens (tertiary/aromatic N) is 1. The van der Waals surface area contributed by atoms with Gasteiger partial charge in [0.05, 0.1) is 13.7 Å². The average molecular weight is 572 g/mol. The third-order valence-electron chi connectivity index (χ3n) is 6.32. The van der Waals surface area contributed by atoms with Crippen molar-refractivity contribution >= 4 is 35.0 Å². The van der Waals surface area contributed by atoms with Gasteiger partial charge in [0, 0.05) is 36.0 Å². The Balaban J connectivity index is 1.78. The minimum Gasteiger partial charge on any atom is -0.497 e. The number of methoxy groups -OCH3 is 1. The molecule has 1 unspecified atom stereocenters. The van der Waals surface area contributed by atoms with E-state index < -0.39 is 6.04 Å². The van der Waals surface area contributed by atoms with Crippen LogP contribution in [0.15, 0.2) is 72.8 Å². The van der Waals surface area contributed by atoms with E-state index in [1.165, 1.54) is 0 Å². The van der Waals surface area contributed by atoms with Crippen LogP contribution in [0.4, 0.5) is 0 Å². The summed E-state index contributed by atoms with van der Waals surface area (Å²) >= 11 is 12.6. The second-order valence-corrected chi connectivity index (χ2v) is 10.1. The smallest absolute Gasteiger partial charge is 0.243 e. The van der Waals surface area contributed by atoms with Gasteiger partial charge in [-0.2, -0.15) is 0 Å². The molecule has 3 aromatic rings. The topological polar surface area (TPSA) is 67.9 Å². The zero-order chi connectivity index (χ0) is 28.0. The molecule has 39 heavy (non-hydrogen) atoms. The van der Waals surface area contributed by atoms with Gasteiger partial charge in [-0.3, -0.25) is 9.59 Å². The highest BCUT2D eigenvalue weighted by Gasteiger charge is 2.30. The lowest BCUT2D eigenvalue weighted by atomic mass is 10.0. The van der Waals surface area contributed by atoms with Crippen molar-refractivity contribution in [3.8, 4) is 11.5 Å². The molecule has 2 amide bonds. The first-order chi connectivity index (χ1) is 18.9. The molecule has 0 bridgehead atoms. The fourth-order valence-electron chi connectivity index (χ4n) is 4.12. The van der Waals surface area contributed by atoms with Crippen LogP contribution in [0, 0.1) is 0 Å². The summed E-state index contributed by atoms with van der Waals surface area (Å²) in [7, 11) is 1.61. The SMILES string of the molecule is CCCCNC(=O)C(Cc1ccccc1)N(Cc1ccc(Cl)cc1Cl)C(=O)CCCOc1ccc(OC)cc1. The van der Waals surface area contributed by atoms with Gasteiger partial charge in [-0.15, -0.1) is 0 Å². The number of rotatable bonds is 15. The summed E-state index contributed by atoms with van der Waals surface area (Å²) in [4.78, 5) is 28.8. The monoisotopic (exact) mass is 570 g/mol. The zero-order valence-corrected chi connectivity index (χ0v) is 24.0. The molecule has 3 aromatic carbocycles. The summed E-state index contributed by atoms with van der Waals surface area (Å²) < 4.78 is 11.0. The second-order valence-electron chi connectivity index (χ2n) is 9.24. The first kappa shape index (κ1) is 30.3. The van der Waals surface area contributed by atoms with Crippen molar-refractivity contribution in [2.24, 2.45) is 0 Å². The van der Waals surface area contributed by atoms with Gasteiger partial charge in [-0.25, -0.2) is 0 Å². The van der Waals surface area contributed by atoms with Crippen molar-refractivity contribution in [2.75, 3.05) is 20.3 Å². The quantitative estimate of drug-likeness (QED) is 0.206. The summed E-state index contributed by atoms with van der Waals surface area (Å²) in [5.74, 6) is 1.12. The molecule has 1 atom stereocenters. The lowest BCUT2D eigenvalue weighted by Crippen LogP contribution is -2.50. The van der Waals surface area contributed by atoms with E-state index in [1.807, 2.05) is 54.6 Å². The van der Waals surface area contributed by atoms with E-state index in [4.69, 9.17) is 32.7 Å². The van der Waals surface area contributed by atoms with Crippen LogP contribution in [0.2, 0.25) is 10.0 Å². The van der Waals surface area contributed by atoms with Crippen LogP contribution in [0.5, 0.6) is 11.5 Å². The van der Waals surface area contributed by atoms with Crippen molar-refractivity contribution in [1.29, 1.82) is 0 Å². The van der Waals surface area contributed by atoms with Crippen LogP contribution in [0.3, 0.4) is 0 Å². The number of nitrogens with one attached hydrogen (secondary N) is 1. The first-order valence-corrected chi connectivity index (χ1v) is 14.0. The molecular formula is C31H36Cl2N2O4. The van der Waals surface area contributed by atoms with Crippen LogP contribution >= 0.6 is 23.2 Å². The molecule has 0 heterocycles. The number of unbranched alkanes of at least 4 members (excludes halogenated alkanes) is 1. The third-order valence-corrected chi connectivity index (χ3v) is 6.91. The molecular weight excluding hydrogens is 535 g/mol. The molecule has 3 rings (SSSR count). The molecule has 0 spiro atoms. The first-order valence-electron chi connectivity index (χ1n) is 13.2. The highest BCUT2D eigenvalue weighted by molar-refractivity contribution is 6.35. The summed E-state index contributed by atoms with van der Waals surface area (Å²) in [5.41, 5.74) is 1.69. The summed E-state index contributed by atoms with van der Waals surface area (Å²) in [5, 5.41) is 3.99. The van der Waals surface area contributed by atoms with Crippen molar-refractivity contribution in [3.05, 3.63) is 94.0 Å². The maximum absolute atomic E-state index is 13.7. The Labute approximate surface area is 241 Å². The number of carbonyl (C=O) groups is 2. The number of halogens is 2. The largest absolute Gasteiger partial charge is 0.497 e. The van der Waals surface area contributed by atoms with Crippen molar-refractivity contribution in [3.63, 3.8) is 0 Å². The molecule has 1 N–H and O–H groups in total. The lowest BCUT2D eigenvalue weighted by molar-refractivity contribution is -0.141. The van der Waals surface area contributed by atoms with Crippen LogP contribution in [-0.2, 0) is 22.6 Å². The number of hydrogen-bond donors (Lipinski definition) is 1. The lowest BCUT2D eigenvalue weighted by Gasteiger charge is -2.32. The molecule has 6 nitrogen and oxygen atoms in total. The summed E-state index contributed by atoms with van der Waals surface area (Å²) in [6, 6.07) is 21.5. The summed E-state index contributed by atoms with van der Waals surface area (Å²) in [6.45, 7) is 3.17. The number of carbonyl (C=O) groups excluding carboxylic acids is 2. The van der Waals surface area contributed by atoms with Crippen LogP contribution in [0.1, 0.15) is 43.7 Å². The van der Waals surface area contributed by atoms with Gasteiger partial charge in [-0.05, 0) is 60.4 Å². The standard InChI is InChI=1S/C31H36Cl2N2O4/c1-3-4-18-34-31(37)29(20-23-9-6-5-7-10-23)35(22-24-12-13-25(32)21-28(24)33)30(36)11-8-19-39-27-16-14-26(38-2)15-17-27/h5-7,9-10,12-17,21,29H,3-4,8,11,18-20,22H2,1-2H3,(H,34,37). The molecule has 208 valence electrons. The molecule has 8 heteroatoms. The maximum atomic E-state index is 13.7. The summed E-state index contributed by atoms with van der Waals surface area (Å²) in [6.07, 6.45) is 2.92. The van der Waals surface area contributed by atoms with Gasteiger partial charge in [0.15, 0.2) is 0 Å². The third kappa shape index (κ3) is 9.79. The maximum Gasteiger partial charge on any atom is 0.243 e. The van der Waals surface area contributed by atoms with E-state index in [2.05, 4.69) is 12.2 Å². The van der Waals surface area contributed by atoms with E-state index >= 15 is 0 Å². The average Bonchev–Trinajstić information content (AvgIpc) is 2.95. The number of benzene rings is 3. The van der Waals surface area contributed by atoms with Gasteiger partial charge < -0.3 is 19.7 Å². The van der Waals surface area contributed by atoms with Crippen LogP contribution in [0.25, 0.3) is 0 Å². The van der Waals surface area contributed by atoms with E-state index in [1.54, 1.807) is 30.2 Å². The Morgan fingerprint density at radius 2 is 1.67 bits per heavy atom. The minimum atomic E-state index is -0.703. The number of hydrogen-bond acceptors (Lipinski definition) is 4. The van der Waals surface area contributed by atoms with E-state index in [9.17, 15) is 9.59 Å². The van der Waals surface area contributed by atoms with Crippen molar-refractivity contribution in [1.82, 2.24) is 10.2 Å². The molecule has 0 saturated heterocycles. The number of ether oxygens (including phenoxy) is 2. The van der Waals surface area contributed by atoms with E-state index in [-0.39, 0.29) is 24.8 Å². The highest BCUT2D eigenvalue weighted by atomic mass is 35.5. The van der Waals surface area contributed by atoms with Gasteiger partial charge >= 0.3 is 0 Å². The van der Waals surface area contributed by atoms with Gasteiger partial charge in [0.1, 0.15) is 17.5 Å². The van der Waals surface area contributed by atoms with Gasteiger partial charge in [0.2, 0.25) is 11.8 Å². The molecule has 0 aliphatic heterocycles. The molecule has 0 fully saturated rings. The van der Waals surface area contributed by atoms with Crippen LogP contribution in [-0.4, -0.2) is 43.0 Å². The molecule has 0 radical (unpaired) electrons. The predicted octanol–water partition coefficient (Wildman–Crippen LogP) is 6.72. The Bertz CT molecular complexity index is 1190. The molecule has 0 aromatic heterocycles. The molecule has 0 saturated carbocycles. The van der Waals surface area contributed by atoms with E-state index in [0.29, 0.717) is 41.8 Å². The van der Waals surface area contributed by atoms with Gasteiger partial charge in [-0.1, -0.05) is 72.9 Å². The predicted molar refractivity (Wildman–Crippen MR) is 157 cm³/mol. The number of amides is 2. The van der Waals surface area contributed by atoms with Crippen molar-refractivity contribution < 1.29 is 19.1 Å². The Morgan fingerprint density at radius 1 is 0.949 bits per heavy atom. The molecule has 0 aliphatic carbocycles. The fourth-order valence-corrected chi connectivity index (χ4v) is 4.59. The normalized spacial score (nSPS) is 11.5. The Kier molecular flexibility index (Phi) is 12.5. The zero-order valence-electron chi connectivity index (χ0n) is 22.5. The van der Waals surface area contributed by atoms with E-state index in [0.717, 1.165) is 29.7 Å².